The van der Waals surface area contributed by atoms with Crippen LogP contribution in [0.15, 0.2) is 144 Å². The molecule has 0 radical (unpaired) electrons. The SMILES string of the molecule is CC(C)(C)c1ccc2c(c1)C(C)(C)C1=CC3C(C=C12)CCC3[SiH2]N(C1CCCCC1)C(C)(C)C.CC1CC2C=C3C(=CC2C1[SiH2]N(C(C)(C)C)C(C)(C)C)C(C)(C)c1cc(C(C)(C)C)ccc13.CCCCC1(CCCC)C2=CC3C(C=C2c2ccc(C(C)(C)C)cc21)CC(C)C3[SiH2]N(C(C)(C)C)C(C)(C)C.CCCCC1(CCCC)C2=CC3C(C=C2c2ccc(C(C)(C)C)cc21)CCC3[SiH2]N(C(C)(C)C)C(C)(C)C. The molecule has 4 aromatic rings. The van der Waals surface area contributed by atoms with Crippen molar-refractivity contribution < 1.29 is 0 Å². The molecule has 0 spiro atoms. The summed E-state index contributed by atoms with van der Waals surface area (Å²) in [6, 6.07) is 30.7. The van der Waals surface area contributed by atoms with Crippen LogP contribution in [-0.4, -0.2) is 102 Å². The van der Waals surface area contributed by atoms with E-state index in [2.05, 4.69) is 437 Å². The Morgan fingerprint density at radius 3 is 0.861 bits per heavy atom. The molecule has 5 saturated carbocycles. The van der Waals surface area contributed by atoms with Gasteiger partial charge < -0.3 is 18.3 Å². The summed E-state index contributed by atoms with van der Waals surface area (Å²) in [4.78, 5) is 0. The molecule has 0 aromatic heterocycles. The van der Waals surface area contributed by atoms with Gasteiger partial charge in [-0.15, -0.1) is 0 Å². The van der Waals surface area contributed by atoms with E-state index in [-0.39, 0.29) is 86.2 Å². The lowest BCUT2D eigenvalue weighted by Gasteiger charge is -2.48. The maximum Gasteiger partial charge on any atom is 0.100 e. The van der Waals surface area contributed by atoms with Gasteiger partial charge in [0.05, 0.1) is 19.4 Å². The third-order valence-electron chi connectivity index (χ3n) is 39.3. The number of nitrogens with zero attached hydrogens (tertiary/aromatic N) is 4. The minimum absolute atomic E-state index is 0.0963. The lowest BCUT2D eigenvalue weighted by atomic mass is 9.68. The molecule has 0 bridgehead atoms. The first kappa shape index (κ1) is 115. The molecular formula is C136H218N4Si4. The van der Waals surface area contributed by atoms with Crippen LogP contribution >= 0.6 is 0 Å². The van der Waals surface area contributed by atoms with Crippen molar-refractivity contribution in [2.24, 2.45) is 59.2 Å². The van der Waals surface area contributed by atoms with Crippen molar-refractivity contribution in [2.75, 3.05) is 0 Å². The van der Waals surface area contributed by atoms with Gasteiger partial charge in [-0.2, -0.15) is 0 Å². The first-order valence-corrected chi connectivity index (χ1v) is 65.8. The maximum atomic E-state index is 3.06. The van der Waals surface area contributed by atoms with Crippen LogP contribution in [0.2, 0.25) is 22.2 Å². The van der Waals surface area contributed by atoms with Gasteiger partial charge in [0, 0.05) is 66.5 Å². The maximum absolute atomic E-state index is 3.06. The summed E-state index contributed by atoms with van der Waals surface area (Å²) in [6.07, 6.45) is 53.5. The molecule has 8 heteroatoms. The van der Waals surface area contributed by atoms with Gasteiger partial charge >= 0.3 is 0 Å². The van der Waals surface area contributed by atoms with E-state index in [1.807, 2.05) is 0 Å². The van der Waals surface area contributed by atoms with Gasteiger partial charge in [-0.05, 0) is 424 Å². The standard InChI is InChI=1S/C37H61NSi.C36H59NSi.C32H49NSi.C31H49NSi/c1-13-15-19-37(20-16-14-2)31-23-27(34(4,5)6)17-18-28(31)30-22-26-21-25(3)33(29(26)24-32(30)37)39-38(35(7,8)9)36(10,11)12;1-12-14-20-36(21-15-13-2)30-23-26(33(3,4)5)17-18-27(30)29-22-25-16-19-32(28(25)24-31(29)36)38-37(34(6,7)8)35(9,10)11;1-30(2,3)22-15-16-24-26-18-21-14-17-29(25(21)20-28(26)32(7,8)27(24)19-22)34-33(31(4,5)6)23-12-10-9-11-13-23;1-19-15-20-16-24-22-14-13-21(28(2,3)4)17-25(22)31(11,12)26(24)18-23(20)27(19)33-32(29(5,6)7)30(8,9)10/h17-18,22-26,29,33H,13-16,19-21,39H2,1-12H3;17-18,22-25,28,32H,12-16,19-21,38H2,1-11H3;15-16,18-21,23,25,29H,9-14,17,34H2,1-8H3;13-14,16-20,23,27H,15,33H2,1-12H3. The highest BCUT2D eigenvalue weighted by Gasteiger charge is 2.57. The monoisotopic (exact) mass is 2020 g/mol. The first-order chi connectivity index (χ1) is 66.5. The minimum Gasteiger partial charge on any atom is -0.322 e. The lowest BCUT2D eigenvalue weighted by molar-refractivity contribution is 0.134. The van der Waals surface area contributed by atoms with E-state index in [1.54, 1.807) is 78.0 Å². The molecule has 0 saturated heterocycles. The lowest BCUT2D eigenvalue weighted by Crippen LogP contribution is -2.56. The molecule has 4 aromatic carbocycles. The molecule has 13 aliphatic carbocycles. The van der Waals surface area contributed by atoms with Crippen molar-refractivity contribution in [3.05, 3.63) is 210 Å². The van der Waals surface area contributed by atoms with Crippen LogP contribution in [0.4, 0.5) is 0 Å². The van der Waals surface area contributed by atoms with Gasteiger partial charge in [-0.3, -0.25) is 0 Å². The number of benzene rings is 4. The first-order valence-electron chi connectivity index (χ1n) is 60.0. The van der Waals surface area contributed by atoms with Crippen molar-refractivity contribution in [1.29, 1.82) is 0 Å². The zero-order chi connectivity index (χ0) is 106. The summed E-state index contributed by atoms with van der Waals surface area (Å²) >= 11 is 0. The summed E-state index contributed by atoms with van der Waals surface area (Å²) in [5.74, 6) is 7.49. The van der Waals surface area contributed by atoms with Gasteiger partial charge in [0.2, 0.25) is 0 Å². The fourth-order valence-electron chi connectivity index (χ4n) is 31.8. The number of hydrogen-bond acceptors (Lipinski definition) is 4. The van der Waals surface area contributed by atoms with Crippen LogP contribution in [0.1, 0.15) is 512 Å². The van der Waals surface area contributed by atoms with E-state index in [1.165, 1.54) is 181 Å². The van der Waals surface area contributed by atoms with Crippen LogP contribution in [0, 0.1) is 59.2 Å². The Bertz CT molecular complexity index is 5410. The fourth-order valence-corrected chi connectivity index (χ4v) is 42.9. The zero-order valence-electron chi connectivity index (χ0n) is 102. The van der Waals surface area contributed by atoms with E-state index in [9.17, 15) is 0 Å². The Morgan fingerprint density at radius 2 is 0.556 bits per heavy atom. The third kappa shape index (κ3) is 23.3. The zero-order valence-corrected chi connectivity index (χ0v) is 107. The predicted octanol–water partition coefficient (Wildman–Crippen LogP) is 35.3. The Morgan fingerprint density at radius 1 is 0.285 bits per heavy atom. The summed E-state index contributed by atoms with van der Waals surface area (Å²) < 4.78 is 11.8. The molecule has 17 rings (SSSR count). The molecule has 0 aliphatic heterocycles. The Labute approximate surface area is 898 Å². The second-order valence-electron chi connectivity index (χ2n) is 61.9. The summed E-state index contributed by atoms with van der Waals surface area (Å²) in [7, 11) is -1.57. The Hall–Kier alpha value is -4.49. The van der Waals surface area contributed by atoms with Gasteiger partial charge in [0.25, 0.3) is 0 Å². The molecule has 4 nitrogen and oxygen atoms in total. The third-order valence-corrected chi connectivity index (χ3v) is 54.4. The molecule has 14 atom stereocenters. The van der Waals surface area contributed by atoms with Gasteiger partial charge in [-0.25, -0.2) is 0 Å². The predicted molar refractivity (Wildman–Crippen MR) is 648 cm³/mol. The van der Waals surface area contributed by atoms with Crippen molar-refractivity contribution in [3.8, 4) is 0 Å². The number of hydrogen-bond donors (Lipinski definition) is 0. The number of rotatable bonds is 21. The summed E-state index contributed by atoms with van der Waals surface area (Å²) in [5.41, 5.74) is 38.2. The van der Waals surface area contributed by atoms with Crippen LogP contribution in [-0.2, 0) is 43.3 Å². The average Bonchev–Trinajstić information content (AvgIpc) is 1.54. The number of allylic oxidation sites excluding steroid dienone is 16. The molecule has 14 unspecified atom stereocenters. The number of fused-ring (bicyclic) bond motifs is 16. The van der Waals surface area contributed by atoms with Gasteiger partial charge in [0.15, 0.2) is 0 Å². The largest absolute Gasteiger partial charge is 0.322 e. The van der Waals surface area contributed by atoms with E-state index in [0.717, 1.165) is 69.6 Å². The quantitative estimate of drug-likeness (QED) is 0.0771. The van der Waals surface area contributed by atoms with Crippen LogP contribution in [0.3, 0.4) is 0 Å². The molecule has 798 valence electrons. The highest BCUT2D eigenvalue weighted by Crippen LogP contribution is 2.67. The van der Waals surface area contributed by atoms with E-state index in [4.69, 9.17) is 0 Å². The van der Waals surface area contributed by atoms with Crippen LogP contribution in [0.25, 0.3) is 22.3 Å². The normalized spacial score (nSPS) is 27.4. The van der Waals surface area contributed by atoms with Crippen molar-refractivity contribution >= 4 is 61.0 Å². The molecule has 0 amide bonds. The summed E-state index contributed by atoms with van der Waals surface area (Å²) in [5, 5.41) is 0. The van der Waals surface area contributed by atoms with Gasteiger partial charge in [-0.1, -0.05) is 357 Å². The van der Waals surface area contributed by atoms with Crippen molar-refractivity contribution in [2.45, 2.75) is 556 Å². The van der Waals surface area contributed by atoms with E-state index >= 15 is 0 Å². The highest BCUT2D eigenvalue weighted by atomic mass is 28.2. The smallest absolute Gasteiger partial charge is 0.100 e. The van der Waals surface area contributed by atoms with E-state index in [0.29, 0.717) is 23.3 Å². The second kappa shape index (κ2) is 42.1. The number of unbranched alkanes of at least 4 members (excludes halogenated alkanes) is 4. The molecule has 5 fully saturated rings. The molecular weight excluding hydrogens is 1800 g/mol. The topological polar surface area (TPSA) is 13.0 Å². The second-order valence-corrected chi connectivity index (χ2v) is 69.9. The van der Waals surface area contributed by atoms with Crippen LogP contribution in [0.5, 0.6) is 0 Å². The Balaban J connectivity index is 0.000000152. The Kier molecular flexibility index (Phi) is 33.6. The van der Waals surface area contributed by atoms with Crippen LogP contribution < -0.4 is 0 Å². The minimum atomic E-state index is -0.446. The molecule has 144 heavy (non-hydrogen) atoms. The fraction of sp³-hybridized carbons (Fsp3) is 0.706. The molecule has 0 heterocycles. The highest BCUT2D eigenvalue weighted by molar-refractivity contribution is 6.36. The average molecular weight is 2020 g/mol. The van der Waals surface area contributed by atoms with E-state index < -0.39 is 29.0 Å². The molecule has 0 N–H and O–H groups in total. The summed E-state index contributed by atoms with van der Waals surface area (Å²) in [6.45, 7) is 104. The molecule has 13 aliphatic rings. The van der Waals surface area contributed by atoms with Crippen molar-refractivity contribution in [3.63, 3.8) is 0 Å². The van der Waals surface area contributed by atoms with Crippen molar-refractivity contribution in [1.82, 2.24) is 18.3 Å². The van der Waals surface area contributed by atoms with Gasteiger partial charge in [0.1, 0.15) is 19.4 Å².